The van der Waals surface area contributed by atoms with E-state index in [-0.39, 0.29) is 6.03 Å². The molecule has 2 rings (SSSR count). The van der Waals surface area contributed by atoms with Crippen molar-refractivity contribution in [2.75, 3.05) is 31.5 Å². The molecule has 1 aromatic rings. The molecule has 0 spiro atoms. The van der Waals surface area contributed by atoms with Crippen LogP contribution in [-0.4, -0.2) is 37.1 Å². The van der Waals surface area contributed by atoms with Crippen molar-refractivity contribution in [3.63, 3.8) is 0 Å². The predicted octanol–water partition coefficient (Wildman–Crippen LogP) is 1.12. The molecule has 2 N–H and O–H groups in total. The number of amides is 2. The highest BCUT2D eigenvalue weighted by atomic mass is 16.2. The number of nitrogens with zero attached hydrogens (tertiary/aromatic N) is 1. The van der Waals surface area contributed by atoms with Crippen molar-refractivity contribution < 1.29 is 4.79 Å². The largest absolute Gasteiger partial charge is 0.322 e. The van der Waals surface area contributed by atoms with Gasteiger partial charge in [0.1, 0.15) is 0 Å². The van der Waals surface area contributed by atoms with E-state index in [1.54, 1.807) is 0 Å². The van der Waals surface area contributed by atoms with Crippen molar-refractivity contribution in [2.45, 2.75) is 0 Å². The quantitative estimate of drug-likeness (QED) is 0.721. The van der Waals surface area contributed by atoms with Crippen molar-refractivity contribution in [3.8, 4) is 0 Å². The van der Waals surface area contributed by atoms with Crippen LogP contribution < -0.4 is 10.6 Å². The summed E-state index contributed by atoms with van der Waals surface area (Å²) in [5, 5.41) is 6.08. The highest BCUT2D eigenvalue weighted by Crippen LogP contribution is 2.06. The Morgan fingerprint density at radius 3 is 2.53 bits per heavy atom. The zero-order valence-corrected chi connectivity index (χ0v) is 8.57. The number of benzene rings is 1. The first-order valence-corrected chi connectivity index (χ1v) is 5.18. The van der Waals surface area contributed by atoms with Crippen LogP contribution in [0.15, 0.2) is 30.3 Å². The molecule has 15 heavy (non-hydrogen) atoms. The molecule has 2 amide bonds. The van der Waals surface area contributed by atoms with Gasteiger partial charge in [-0.3, -0.25) is 0 Å². The first-order chi connectivity index (χ1) is 7.36. The summed E-state index contributed by atoms with van der Waals surface area (Å²) >= 11 is 0. The minimum absolute atomic E-state index is 0.0114. The molecule has 0 aliphatic carbocycles. The maximum Gasteiger partial charge on any atom is 0.321 e. The zero-order valence-electron chi connectivity index (χ0n) is 8.57. The summed E-state index contributed by atoms with van der Waals surface area (Å²) in [6, 6.07) is 9.52. The van der Waals surface area contributed by atoms with E-state index >= 15 is 0 Å². The van der Waals surface area contributed by atoms with Gasteiger partial charge in [0, 0.05) is 31.9 Å². The Hall–Kier alpha value is -1.55. The van der Waals surface area contributed by atoms with Crippen LogP contribution >= 0.6 is 0 Å². The zero-order chi connectivity index (χ0) is 10.5. The average Bonchev–Trinajstić information content (AvgIpc) is 2.31. The number of hydrogen-bond acceptors (Lipinski definition) is 2. The van der Waals surface area contributed by atoms with Crippen LogP contribution in [0, 0.1) is 0 Å². The summed E-state index contributed by atoms with van der Waals surface area (Å²) in [6.07, 6.45) is 0. The third kappa shape index (κ3) is 2.70. The Kier molecular flexibility index (Phi) is 3.19. The SMILES string of the molecule is O=C(Nc1ccccc1)N1CCNCC1. The summed E-state index contributed by atoms with van der Waals surface area (Å²) in [5.41, 5.74) is 0.848. The van der Waals surface area contributed by atoms with Crippen LogP contribution in [0.5, 0.6) is 0 Å². The second-order valence-electron chi connectivity index (χ2n) is 3.53. The fourth-order valence-corrected chi connectivity index (χ4v) is 1.59. The Balaban J connectivity index is 1.91. The second-order valence-corrected chi connectivity index (χ2v) is 3.53. The van der Waals surface area contributed by atoms with Crippen LogP contribution in [0.3, 0.4) is 0 Å². The number of urea groups is 1. The van der Waals surface area contributed by atoms with E-state index in [0.29, 0.717) is 0 Å². The Bertz CT molecular complexity index is 320. The maximum atomic E-state index is 11.8. The third-order valence-electron chi connectivity index (χ3n) is 2.43. The minimum Gasteiger partial charge on any atom is -0.322 e. The van der Waals surface area contributed by atoms with E-state index in [1.165, 1.54) is 0 Å². The molecule has 0 aromatic heterocycles. The third-order valence-corrected chi connectivity index (χ3v) is 2.43. The number of hydrogen-bond donors (Lipinski definition) is 2. The fourth-order valence-electron chi connectivity index (χ4n) is 1.59. The van der Waals surface area contributed by atoms with E-state index in [0.717, 1.165) is 31.9 Å². The van der Waals surface area contributed by atoms with Crippen molar-refractivity contribution in [1.29, 1.82) is 0 Å². The highest BCUT2D eigenvalue weighted by molar-refractivity contribution is 5.89. The number of carbonyl (C=O) groups is 1. The molecule has 0 atom stereocenters. The molecule has 0 saturated carbocycles. The van der Waals surface area contributed by atoms with Gasteiger partial charge in [0.25, 0.3) is 0 Å². The average molecular weight is 205 g/mol. The van der Waals surface area contributed by atoms with Crippen molar-refractivity contribution in [2.24, 2.45) is 0 Å². The number of para-hydroxylation sites is 1. The Morgan fingerprint density at radius 2 is 1.87 bits per heavy atom. The normalized spacial score (nSPS) is 16.1. The lowest BCUT2D eigenvalue weighted by molar-refractivity contribution is 0.204. The maximum absolute atomic E-state index is 11.8. The van der Waals surface area contributed by atoms with Gasteiger partial charge in [-0.15, -0.1) is 0 Å². The highest BCUT2D eigenvalue weighted by Gasteiger charge is 2.15. The molecule has 0 radical (unpaired) electrons. The van der Waals surface area contributed by atoms with Crippen LogP contribution in [0.25, 0.3) is 0 Å². The van der Waals surface area contributed by atoms with Gasteiger partial charge in [-0.25, -0.2) is 4.79 Å². The van der Waals surface area contributed by atoms with E-state index in [9.17, 15) is 4.79 Å². The van der Waals surface area contributed by atoms with Gasteiger partial charge < -0.3 is 15.5 Å². The number of nitrogens with one attached hydrogen (secondary N) is 2. The molecule has 1 aliphatic rings. The molecule has 1 aromatic carbocycles. The lowest BCUT2D eigenvalue weighted by atomic mass is 10.3. The number of carbonyl (C=O) groups excluding carboxylic acids is 1. The number of piperazine rings is 1. The molecule has 80 valence electrons. The molecule has 1 aliphatic heterocycles. The minimum atomic E-state index is -0.0114. The molecular formula is C11H15N3O. The first kappa shape index (κ1) is 9.98. The number of anilines is 1. The van der Waals surface area contributed by atoms with Gasteiger partial charge in [0.15, 0.2) is 0 Å². The molecule has 0 bridgehead atoms. The molecule has 1 saturated heterocycles. The molecule has 1 fully saturated rings. The van der Waals surface area contributed by atoms with Gasteiger partial charge in [-0.2, -0.15) is 0 Å². The van der Waals surface area contributed by atoms with Gasteiger partial charge in [0.05, 0.1) is 0 Å². The lowest BCUT2D eigenvalue weighted by Crippen LogP contribution is -2.48. The van der Waals surface area contributed by atoms with Gasteiger partial charge >= 0.3 is 6.03 Å². The van der Waals surface area contributed by atoms with Gasteiger partial charge in [0.2, 0.25) is 0 Å². The van der Waals surface area contributed by atoms with Gasteiger partial charge in [-0.1, -0.05) is 18.2 Å². The summed E-state index contributed by atoms with van der Waals surface area (Å²) < 4.78 is 0. The Morgan fingerprint density at radius 1 is 1.20 bits per heavy atom. The topological polar surface area (TPSA) is 44.4 Å². The summed E-state index contributed by atoms with van der Waals surface area (Å²) in [6.45, 7) is 3.31. The second kappa shape index (κ2) is 4.79. The molecule has 1 heterocycles. The van der Waals surface area contributed by atoms with E-state index < -0.39 is 0 Å². The summed E-state index contributed by atoms with van der Waals surface area (Å²) in [4.78, 5) is 13.6. The molecular weight excluding hydrogens is 190 g/mol. The van der Waals surface area contributed by atoms with Crippen molar-refractivity contribution in [3.05, 3.63) is 30.3 Å². The van der Waals surface area contributed by atoms with E-state index in [2.05, 4.69) is 10.6 Å². The van der Waals surface area contributed by atoms with Crippen LogP contribution in [-0.2, 0) is 0 Å². The van der Waals surface area contributed by atoms with Gasteiger partial charge in [-0.05, 0) is 12.1 Å². The summed E-state index contributed by atoms with van der Waals surface area (Å²) in [5.74, 6) is 0. The monoisotopic (exact) mass is 205 g/mol. The smallest absolute Gasteiger partial charge is 0.321 e. The van der Waals surface area contributed by atoms with Crippen molar-refractivity contribution >= 4 is 11.7 Å². The lowest BCUT2D eigenvalue weighted by Gasteiger charge is -2.27. The fraction of sp³-hybridized carbons (Fsp3) is 0.364. The van der Waals surface area contributed by atoms with Crippen LogP contribution in [0.1, 0.15) is 0 Å². The molecule has 4 nitrogen and oxygen atoms in total. The molecule has 4 heteroatoms. The van der Waals surface area contributed by atoms with E-state index in [1.807, 2.05) is 35.2 Å². The van der Waals surface area contributed by atoms with E-state index in [4.69, 9.17) is 0 Å². The summed E-state index contributed by atoms with van der Waals surface area (Å²) in [7, 11) is 0. The Labute approximate surface area is 89.3 Å². The standard InChI is InChI=1S/C11H15N3O/c15-11(14-8-6-12-7-9-14)13-10-4-2-1-3-5-10/h1-5,12H,6-9H2,(H,13,15). The van der Waals surface area contributed by atoms with Crippen molar-refractivity contribution in [1.82, 2.24) is 10.2 Å². The van der Waals surface area contributed by atoms with Crippen LogP contribution in [0.4, 0.5) is 10.5 Å². The van der Waals surface area contributed by atoms with Crippen LogP contribution in [0.2, 0.25) is 0 Å². The predicted molar refractivity (Wildman–Crippen MR) is 59.9 cm³/mol. The first-order valence-electron chi connectivity index (χ1n) is 5.18. The number of rotatable bonds is 1. The molecule has 0 unspecified atom stereocenters.